The fourth-order valence-corrected chi connectivity index (χ4v) is 5.35. The average molecular weight is 399 g/mol. The molecule has 1 aromatic carbocycles. The van der Waals surface area contributed by atoms with Crippen molar-refractivity contribution in [2.75, 3.05) is 6.61 Å². The van der Waals surface area contributed by atoms with Crippen LogP contribution in [0, 0.1) is 17.8 Å². The fourth-order valence-electron chi connectivity index (χ4n) is 5.35. The summed E-state index contributed by atoms with van der Waals surface area (Å²) in [6, 6.07) is 6.55. The smallest absolute Gasteiger partial charge is 0.333 e. The van der Waals surface area contributed by atoms with Crippen molar-refractivity contribution in [1.29, 1.82) is 0 Å². The van der Waals surface area contributed by atoms with Crippen LogP contribution in [0.25, 0.3) is 0 Å². The summed E-state index contributed by atoms with van der Waals surface area (Å²) in [4.78, 5) is 11.8. The molecular formula is C26H38O3. The quantitative estimate of drug-likeness (QED) is 0.457. The molecular weight excluding hydrogens is 360 g/mol. The second-order valence-corrected chi connectivity index (χ2v) is 9.49. The molecule has 0 atom stereocenters. The Balaban J connectivity index is 1.62. The molecule has 0 spiro atoms. The zero-order valence-corrected chi connectivity index (χ0v) is 18.3. The number of carbonyl (C=O) groups is 1. The van der Waals surface area contributed by atoms with E-state index in [0.717, 1.165) is 28.9 Å². The molecule has 2 fully saturated rings. The van der Waals surface area contributed by atoms with E-state index in [4.69, 9.17) is 4.74 Å². The highest BCUT2D eigenvalue weighted by Crippen LogP contribution is 2.44. The van der Waals surface area contributed by atoms with E-state index < -0.39 is 0 Å². The lowest BCUT2D eigenvalue weighted by molar-refractivity contribution is -0.140. The Morgan fingerprint density at radius 2 is 1.66 bits per heavy atom. The van der Waals surface area contributed by atoms with Crippen molar-refractivity contribution in [1.82, 2.24) is 0 Å². The van der Waals surface area contributed by atoms with Gasteiger partial charge in [0.25, 0.3) is 0 Å². The van der Waals surface area contributed by atoms with Crippen molar-refractivity contribution in [3.8, 4) is 0 Å². The van der Waals surface area contributed by atoms with Crippen LogP contribution in [0.3, 0.4) is 0 Å². The lowest BCUT2D eigenvalue weighted by Gasteiger charge is -2.37. The highest BCUT2D eigenvalue weighted by atomic mass is 16.5. The molecule has 3 heteroatoms. The summed E-state index contributed by atoms with van der Waals surface area (Å²) in [6.07, 6.45) is 11.5. The van der Waals surface area contributed by atoms with Gasteiger partial charge in [0.05, 0.1) is 0 Å². The van der Waals surface area contributed by atoms with Crippen molar-refractivity contribution in [2.45, 2.75) is 84.2 Å². The maximum atomic E-state index is 11.8. The third kappa shape index (κ3) is 5.94. The van der Waals surface area contributed by atoms with E-state index >= 15 is 0 Å². The molecule has 0 aromatic heterocycles. The van der Waals surface area contributed by atoms with Gasteiger partial charge in [-0.05, 0) is 92.2 Å². The maximum Gasteiger partial charge on any atom is 0.333 e. The molecule has 0 aliphatic heterocycles. The molecule has 29 heavy (non-hydrogen) atoms. The van der Waals surface area contributed by atoms with Gasteiger partial charge in [-0.2, -0.15) is 0 Å². The number of benzene rings is 1. The van der Waals surface area contributed by atoms with Gasteiger partial charge in [0.1, 0.15) is 6.61 Å². The molecule has 1 aromatic rings. The van der Waals surface area contributed by atoms with Crippen LogP contribution in [0.4, 0.5) is 0 Å². The minimum Gasteiger partial charge on any atom is -0.457 e. The van der Waals surface area contributed by atoms with Crippen molar-refractivity contribution < 1.29 is 14.6 Å². The number of esters is 1. The number of aliphatic hydroxyl groups excluding tert-OH is 1. The monoisotopic (exact) mass is 398 g/mol. The van der Waals surface area contributed by atoms with E-state index in [9.17, 15) is 9.90 Å². The Labute approximate surface area is 176 Å². The topological polar surface area (TPSA) is 46.5 Å². The van der Waals surface area contributed by atoms with Crippen LogP contribution in [-0.4, -0.2) is 17.7 Å². The second-order valence-electron chi connectivity index (χ2n) is 9.49. The summed E-state index contributed by atoms with van der Waals surface area (Å²) in [5.74, 6) is 3.05. The molecule has 0 amide bonds. The van der Waals surface area contributed by atoms with Gasteiger partial charge in [-0.25, -0.2) is 4.79 Å². The first-order chi connectivity index (χ1) is 14.0. The van der Waals surface area contributed by atoms with Crippen molar-refractivity contribution in [3.05, 3.63) is 47.0 Å². The number of hydrogen-bond acceptors (Lipinski definition) is 3. The molecule has 160 valence electrons. The Kier molecular flexibility index (Phi) is 7.94. The highest BCUT2D eigenvalue weighted by Gasteiger charge is 2.30. The average Bonchev–Trinajstić information content (AvgIpc) is 2.73. The lowest BCUT2D eigenvalue weighted by atomic mass is 9.68. The van der Waals surface area contributed by atoms with Crippen molar-refractivity contribution in [2.24, 2.45) is 17.8 Å². The minimum atomic E-state index is -0.354. The summed E-state index contributed by atoms with van der Waals surface area (Å²) in [5.41, 5.74) is 3.87. The van der Waals surface area contributed by atoms with Gasteiger partial charge in [-0.3, -0.25) is 0 Å². The van der Waals surface area contributed by atoms with E-state index in [1.165, 1.54) is 56.9 Å². The highest BCUT2D eigenvalue weighted by molar-refractivity contribution is 5.86. The molecule has 2 saturated carbocycles. The molecule has 3 rings (SSSR count). The summed E-state index contributed by atoms with van der Waals surface area (Å²) in [5, 5.41) is 9.38. The number of rotatable bonds is 7. The standard InChI is InChI=1S/C26H38O3/c1-18(2)26(28)29-17-25-16-24(13-12-23(25)14-15-27)22-10-8-21(9-11-22)20-6-4-19(3)5-7-20/h12-13,16,19-22,27H,1,4-11,14-15,17H2,2-3H3. The van der Waals surface area contributed by atoms with Gasteiger partial charge in [0, 0.05) is 12.2 Å². The van der Waals surface area contributed by atoms with Gasteiger partial charge in [-0.15, -0.1) is 0 Å². The summed E-state index contributed by atoms with van der Waals surface area (Å²) >= 11 is 0. The molecule has 2 aliphatic carbocycles. The van der Waals surface area contributed by atoms with Crippen LogP contribution >= 0.6 is 0 Å². The third-order valence-electron chi connectivity index (χ3n) is 7.29. The number of hydrogen-bond donors (Lipinski definition) is 1. The van der Waals surface area contributed by atoms with Crippen molar-refractivity contribution in [3.63, 3.8) is 0 Å². The minimum absolute atomic E-state index is 0.103. The number of carbonyl (C=O) groups excluding carboxylic acids is 1. The molecule has 0 heterocycles. The van der Waals surface area contributed by atoms with Crippen LogP contribution in [0.2, 0.25) is 0 Å². The van der Waals surface area contributed by atoms with Gasteiger partial charge in [0.2, 0.25) is 0 Å². The van der Waals surface area contributed by atoms with Crippen LogP contribution in [-0.2, 0) is 22.6 Å². The molecule has 0 saturated heterocycles. The number of aliphatic hydroxyl groups is 1. The van der Waals surface area contributed by atoms with E-state index in [0.29, 0.717) is 17.9 Å². The SMILES string of the molecule is C=C(C)C(=O)OCc1cc(C2CCC(C3CCC(C)CC3)CC2)ccc1CCO. The van der Waals surface area contributed by atoms with Gasteiger partial charge in [-0.1, -0.05) is 44.5 Å². The van der Waals surface area contributed by atoms with E-state index in [2.05, 4.69) is 31.7 Å². The van der Waals surface area contributed by atoms with E-state index in [1.807, 2.05) is 0 Å². The van der Waals surface area contributed by atoms with Crippen LogP contribution in [0.5, 0.6) is 0 Å². The first-order valence-electron chi connectivity index (χ1n) is 11.5. The maximum absolute atomic E-state index is 11.8. The lowest BCUT2D eigenvalue weighted by Crippen LogP contribution is -2.24. The first-order valence-corrected chi connectivity index (χ1v) is 11.5. The van der Waals surface area contributed by atoms with Crippen LogP contribution < -0.4 is 0 Å². The van der Waals surface area contributed by atoms with E-state index in [-0.39, 0.29) is 19.2 Å². The van der Waals surface area contributed by atoms with Gasteiger partial charge in [0.15, 0.2) is 0 Å². The zero-order chi connectivity index (χ0) is 20.8. The Hall–Kier alpha value is -1.61. The van der Waals surface area contributed by atoms with Crippen molar-refractivity contribution >= 4 is 5.97 Å². The van der Waals surface area contributed by atoms with E-state index in [1.54, 1.807) is 6.92 Å². The molecule has 0 unspecified atom stereocenters. The molecule has 2 aliphatic rings. The molecule has 0 bridgehead atoms. The Bertz CT molecular complexity index is 692. The zero-order valence-electron chi connectivity index (χ0n) is 18.3. The number of ether oxygens (including phenoxy) is 1. The second kappa shape index (κ2) is 10.4. The first kappa shape index (κ1) is 22.1. The third-order valence-corrected chi connectivity index (χ3v) is 7.29. The fraction of sp³-hybridized carbons (Fsp3) is 0.654. The summed E-state index contributed by atoms with van der Waals surface area (Å²) < 4.78 is 5.40. The van der Waals surface area contributed by atoms with Gasteiger partial charge < -0.3 is 9.84 Å². The molecule has 0 radical (unpaired) electrons. The predicted molar refractivity (Wildman–Crippen MR) is 118 cm³/mol. The van der Waals surface area contributed by atoms with Crippen LogP contribution in [0.1, 0.15) is 87.8 Å². The van der Waals surface area contributed by atoms with Crippen LogP contribution in [0.15, 0.2) is 30.4 Å². The molecule has 1 N–H and O–H groups in total. The predicted octanol–water partition coefficient (Wildman–Crippen LogP) is 5.94. The Morgan fingerprint density at radius 1 is 1.03 bits per heavy atom. The summed E-state index contributed by atoms with van der Waals surface area (Å²) in [7, 11) is 0. The molecule has 3 nitrogen and oxygen atoms in total. The van der Waals surface area contributed by atoms with Gasteiger partial charge >= 0.3 is 5.97 Å². The Morgan fingerprint density at radius 3 is 2.24 bits per heavy atom. The summed E-state index contributed by atoms with van der Waals surface area (Å²) in [6.45, 7) is 8.08. The largest absolute Gasteiger partial charge is 0.457 e. The normalized spacial score (nSPS) is 27.4.